The summed E-state index contributed by atoms with van der Waals surface area (Å²) in [6.07, 6.45) is 3.37. The van der Waals surface area contributed by atoms with E-state index in [0.29, 0.717) is 17.6 Å². The zero-order chi connectivity index (χ0) is 9.35. The molecule has 0 aromatic carbocycles. The molecule has 1 rings (SSSR count). The largest absolute Gasteiger partial charge is 0.376 e. The maximum absolute atomic E-state index is 5.71. The van der Waals surface area contributed by atoms with Crippen LogP contribution in [-0.2, 0) is 4.74 Å². The van der Waals surface area contributed by atoms with Gasteiger partial charge in [0.15, 0.2) is 0 Å². The number of hydrogen-bond acceptors (Lipinski definition) is 1. The molecule has 3 atom stereocenters. The summed E-state index contributed by atoms with van der Waals surface area (Å²) in [4.78, 5) is 0. The molecule has 0 saturated carbocycles. The molecule has 0 unspecified atom stereocenters. The van der Waals surface area contributed by atoms with Crippen molar-refractivity contribution in [2.45, 2.75) is 59.7 Å². The molecule has 1 saturated heterocycles. The van der Waals surface area contributed by atoms with Crippen LogP contribution in [0.2, 0.25) is 0 Å². The summed E-state index contributed by atoms with van der Waals surface area (Å²) in [5.74, 6) is 0.830. The molecule has 0 aromatic rings. The van der Waals surface area contributed by atoms with Gasteiger partial charge in [-0.1, -0.05) is 20.8 Å². The summed E-state index contributed by atoms with van der Waals surface area (Å²) in [5.41, 5.74) is 0.451. The molecule has 0 spiro atoms. The fourth-order valence-corrected chi connectivity index (χ4v) is 2.11. The van der Waals surface area contributed by atoms with Gasteiger partial charge in [-0.25, -0.2) is 0 Å². The first-order valence-electron chi connectivity index (χ1n) is 5.05. The summed E-state index contributed by atoms with van der Waals surface area (Å²) >= 11 is 0. The SMILES string of the molecule is C[C@@H]1C[C@H](C(C)(C)C)C[C@H](C)O1. The van der Waals surface area contributed by atoms with Crippen LogP contribution >= 0.6 is 0 Å². The van der Waals surface area contributed by atoms with Gasteiger partial charge in [0, 0.05) is 0 Å². The first kappa shape index (κ1) is 10.0. The van der Waals surface area contributed by atoms with Gasteiger partial charge < -0.3 is 4.74 Å². The van der Waals surface area contributed by atoms with Crippen molar-refractivity contribution in [3.8, 4) is 0 Å². The van der Waals surface area contributed by atoms with Crippen LogP contribution in [0.25, 0.3) is 0 Å². The molecule has 12 heavy (non-hydrogen) atoms. The molecule has 72 valence electrons. The zero-order valence-electron chi connectivity index (χ0n) is 9.05. The molecular formula is C11H22O. The fraction of sp³-hybridized carbons (Fsp3) is 1.00. The van der Waals surface area contributed by atoms with Gasteiger partial charge in [-0.15, -0.1) is 0 Å². The number of ether oxygens (including phenoxy) is 1. The highest BCUT2D eigenvalue weighted by molar-refractivity contribution is 4.81. The van der Waals surface area contributed by atoms with E-state index >= 15 is 0 Å². The van der Waals surface area contributed by atoms with E-state index in [2.05, 4.69) is 34.6 Å². The third-order valence-electron chi connectivity index (χ3n) is 2.92. The Hall–Kier alpha value is -0.0400. The van der Waals surface area contributed by atoms with Crippen molar-refractivity contribution in [2.75, 3.05) is 0 Å². The fourth-order valence-electron chi connectivity index (χ4n) is 2.11. The van der Waals surface area contributed by atoms with Crippen LogP contribution in [0.5, 0.6) is 0 Å². The predicted octanol–water partition coefficient (Wildman–Crippen LogP) is 3.24. The summed E-state index contributed by atoms with van der Waals surface area (Å²) in [6.45, 7) is 11.4. The Morgan fingerprint density at radius 1 is 1.00 bits per heavy atom. The van der Waals surface area contributed by atoms with Crippen LogP contribution in [0.15, 0.2) is 0 Å². The molecule has 1 aliphatic heterocycles. The Morgan fingerprint density at radius 2 is 1.42 bits per heavy atom. The van der Waals surface area contributed by atoms with E-state index in [1.807, 2.05) is 0 Å². The van der Waals surface area contributed by atoms with Crippen molar-refractivity contribution in [1.82, 2.24) is 0 Å². The molecule has 0 aliphatic carbocycles. The van der Waals surface area contributed by atoms with Crippen molar-refractivity contribution in [3.63, 3.8) is 0 Å². The topological polar surface area (TPSA) is 9.23 Å². The number of rotatable bonds is 0. The minimum atomic E-state index is 0.451. The van der Waals surface area contributed by atoms with Crippen molar-refractivity contribution < 1.29 is 4.74 Å². The second kappa shape index (κ2) is 3.37. The standard InChI is InChI=1S/C11H22O/c1-8-6-10(11(3,4)5)7-9(2)12-8/h8-10H,6-7H2,1-5H3/t8-,9+,10+. The van der Waals surface area contributed by atoms with E-state index in [4.69, 9.17) is 4.74 Å². The van der Waals surface area contributed by atoms with E-state index in [9.17, 15) is 0 Å². The van der Waals surface area contributed by atoms with Crippen molar-refractivity contribution in [2.24, 2.45) is 11.3 Å². The van der Waals surface area contributed by atoms with Crippen molar-refractivity contribution >= 4 is 0 Å². The van der Waals surface area contributed by atoms with Crippen LogP contribution in [0.3, 0.4) is 0 Å². The predicted molar refractivity (Wildman–Crippen MR) is 52.2 cm³/mol. The van der Waals surface area contributed by atoms with Gasteiger partial charge in [0.25, 0.3) is 0 Å². The molecule has 0 amide bonds. The Balaban J connectivity index is 2.55. The van der Waals surface area contributed by atoms with Crippen LogP contribution in [0.4, 0.5) is 0 Å². The van der Waals surface area contributed by atoms with E-state index in [0.717, 1.165) is 5.92 Å². The average molecular weight is 170 g/mol. The van der Waals surface area contributed by atoms with Crippen molar-refractivity contribution in [3.05, 3.63) is 0 Å². The van der Waals surface area contributed by atoms with Gasteiger partial charge in [0.2, 0.25) is 0 Å². The molecule has 1 nitrogen and oxygen atoms in total. The third kappa shape index (κ3) is 2.48. The maximum atomic E-state index is 5.71. The van der Waals surface area contributed by atoms with Crippen LogP contribution < -0.4 is 0 Å². The van der Waals surface area contributed by atoms with Crippen LogP contribution in [-0.4, -0.2) is 12.2 Å². The average Bonchev–Trinajstić information content (AvgIpc) is 1.82. The summed E-state index contributed by atoms with van der Waals surface area (Å²) in [6, 6.07) is 0. The number of hydrogen-bond donors (Lipinski definition) is 0. The molecule has 1 heterocycles. The minimum Gasteiger partial charge on any atom is -0.376 e. The zero-order valence-corrected chi connectivity index (χ0v) is 9.05. The Bertz CT molecular complexity index is 136. The monoisotopic (exact) mass is 170 g/mol. The lowest BCUT2D eigenvalue weighted by Crippen LogP contribution is -2.35. The molecule has 1 aliphatic rings. The smallest absolute Gasteiger partial charge is 0.0553 e. The van der Waals surface area contributed by atoms with Crippen molar-refractivity contribution in [1.29, 1.82) is 0 Å². The van der Waals surface area contributed by atoms with E-state index in [1.165, 1.54) is 12.8 Å². The lowest BCUT2D eigenvalue weighted by molar-refractivity contribution is -0.0734. The molecule has 1 fully saturated rings. The molecule has 1 heteroatoms. The van der Waals surface area contributed by atoms with Gasteiger partial charge in [-0.05, 0) is 38.0 Å². The molecule has 0 radical (unpaired) electrons. The highest BCUT2D eigenvalue weighted by Gasteiger charge is 2.32. The summed E-state index contributed by atoms with van der Waals surface area (Å²) < 4.78 is 5.71. The first-order valence-corrected chi connectivity index (χ1v) is 5.05. The Kier molecular flexibility index (Phi) is 2.82. The molecule has 0 bridgehead atoms. The van der Waals surface area contributed by atoms with Crippen LogP contribution in [0, 0.1) is 11.3 Å². The second-order valence-corrected chi connectivity index (χ2v) is 5.29. The Morgan fingerprint density at radius 3 is 1.75 bits per heavy atom. The highest BCUT2D eigenvalue weighted by atomic mass is 16.5. The lowest BCUT2D eigenvalue weighted by Gasteiger charge is -2.39. The van der Waals surface area contributed by atoms with Gasteiger partial charge in [-0.3, -0.25) is 0 Å². The molecular weight excluding hydrogens is 148 g/mol. The second-order valence-electron chi connectivity index (χ2n) is 5.29. The minimum absolute atomic E-state index is 0.451. The molecule has 0 aromatic heterocycles. The van der Waals surface area contributed by atoms with Gasteiger partial charge >= 0.3 is 0 Å². The lowest BCUT2D eigenvalue weighted by atomic mass is 9.74. The summed E-state index contributed by atoms with van der Waals surface area (Å²) in [7, 11) is 0. The van der Waals surface area contributed by atoms with Gasteiger partial charge in [0.1, 0.15) is 0 Å². The van der Waals surface area contributed by atoms with E-state index in [-0.39, 0.29) is 0 Å². The molecule has 0 N–H and O–H groups in total. The highest BCUT2D eigenvalue weighted by Crippen LogP contribution is 2.37. The third-order valence-corrected chi connectivity index (χ3v) is 2.92. The summed E-state index contributed by atoms with van der Waals surface area (Å²) in [5, 5.41) is 0. The van der Waals surface area contributed by atoms with Crippen LogP contribution in [0.1, 0.15) is 47.5 Å². The Labute approximate surface area is 76.5 Å². The van der Waals surface area contributed by atoms with E-state index in [1.54, 1.807) is 0 Å². The first-order chi connectivity index (χ1) is 5.39. The van der Waals surface area contributed by atoms with Gasteiger partial charge in [0.05, 0.1) is 12.2 Å². The van der Waals surface area contributed by atoms with E-state index < -0.39 is 0 Å². The normalized spacial score (nSPS) is 38.2. The maximum Gasteiger partial charge on any atom is 0.0553 e. The quantitative estimate of drug-likeness (QED) is 0.542. The van der Waals surface area contributed by atoms with Gasteiger partial charge in [-0.2, -0.15) is 0 Å².